The van der Waals surface area contributed by atoms with Gasteiger partial charge in [-0.1, -0.05) is 24.5 Å². The Bertz CT molecular complexity index is 269. The van der Waals surface area contributed by atoms with Crippen molar-refractivity contribution in [2.75, 3.05) is 0 Å². The zero-order valence-electron chi connectivity index (χ0n) is 8.03. The topological polar surface area (TPSA) is 30.7 Å². The molecule has 0 spiro atoms. The van der Waals surface area contributed by atoms with Crippen molar-refractivity contribution in [2.45, 2.75) is 44.0 Å². The summed E-state index contributed by atoms with van der Waals surface area (Å²) in [5.74, 6) is 0.465. The van der Waals surface area contributed by atoms with Crippen molar-refractivity contribution in [1.82, 2.24) is 15.0 Å². The van der Waals surface area contributed by atoms with Gasteiger partial charge in [0, 0.05) is 6.20 Å². The molecule has 0 N–H and O–H groups in total. The predicted molar refractivity (Wildman–Crippen MR) is 58.9 cm³/mol. The van der Waals surface area contributed by atoms with Crippen LogP contribution in [0.3, 0.4) is 0 Å². The maximum Gasteiger partial charge on any atom is 0.0974 e. The smallest absolute Gasteiger partial charge is 0.0974 e. The van der Waals surface area contributed by atoms with Crippen LogP contribution in [-0.2, 0) is 5.88 Å². The van der Waals surface area contributed by atoms with Crippen molar-refractivity contribution >= 4 is 24.0 Å². The maximum absolute atomic E-state index is 5.66. The van der Waals surface area contributed by atoms with E-state index >= 15 is 0 Å². The van der Waals surface area contributed by atoms with Gasteiger partial charge in [-0.3, -0.25) is 0 Å². The van der Waals surface area contributed by atoms with Gasteiger partial charge in [-0.2, -0.15) is 0 Å². The molecule has 0 saturated heterocycles. The lowest BCUT2D eigenvalue weighted by Crippen LogP contribution is -2.13. The molecule has 0 amide bonds. The van der Waals surface area contributed by atoms with Gasteiger partial charge < -0.3 is 0 Å². The average Bonchev–Trinajstić information content (AvgIpc) is 2.67. The first-order valence-electron chi connectivity index (χ1n) is 4.87. The number of hydrogen-bond acceptors (Lipinski definition) is 2. The first-order chi connectivity index (χ1) is 6.40. The molecule has 0 atom stereocenters. The summed E-state index contributed by atoms with van der Waals surface area (Å²) in [5, 5.41) is 8.08. The minimum absolute atomic E-state index is 0. The lowest BCUT2D eigenvalue weighted by Gasteiger charge is -2.20. The van der Waals surface area contributed by atoms with E-state index in [1.54, 1.807) is 0 Å². The van der Waals surface area contributed by atoms with Gasteiger partial charge in [-0.15, -0.1) is 29.1 Å². The summed E-state index contributed by atoms with van der Waals surface area (Å²) < 4.78 is 1.98. The van der Waals surface area contributed by atoms with Gasteiger partial charge in [-0.25, -0.2) is 4.68 Å². The molecule has 0 unspecified atom stereocenters. The molecule has 1 fully saturated rings. The van der Waals surface area contributed by atoms with Crippen LogP contribution in [0.25, 0.3) is 0 Å². The number of rotatable bonds is 2. The Labute approximate surface area is 95.2 Å². The van der Waals surface area contributed by atoms with E-state index in [0.717, 1.165) is 5.69 Å². The maximum atomic E-state index is 5.66. The Balaban J connectivity index is 0.000000980. The molecule has 5 heteroatoms. The molecule has 80 valence electrons. The Morgan fingerprint density at radius 3 is 2.64 bits per heavy atom. The molecular weight excluding hydrogens is 221 g/mol. The van der Waals surface area contributed by atoms with Gasteiger partial charge in [0.05, 0.1) is 17.6 Å². The highest BCUT2D eigenvalue weighted by Crippen LogP contribution is 2.27. The van der Waals surface area contributed by atoms with Crippen molar-refractivity contribution in [2.24, 2.45) is 0 Å². The third kappa shape index (κ3) is 2.61. The fraction of sp³-hybridized carbons (Fsp3) is 0.778. The number of hydrogen-bond donors (Lipinski definition) is 0. The van der Waals surface area contributed by atoms with Crippen LogP contribution in [0.15, 0.2) is 6.20 Å². The Hall–Kier alpha value is -0.280. The molecule has 1 aromatic heterocycles. The lowest BCUT2D eigenvalue weighted by molar-refractivity contribution is 0.324. The highest BCUT2D eigenvalue weighted by molar-refractivity contribution is 6.16. The van der Waals surface area contributed by atoms with Gasteiger partial charge in [0.25, 0.3) is 0 Å². The second-order valence-electron chi connectivity index (χ2n) is 3.62. The van der Waals surface area contributed by atoms with Gasteiger partial charge in [0.2, 0.25) is 0 Å². The molecule has 1 heterocycles. The second kappa shape index (κ2) is 5.56. The molecule has 0 radical (unpaired) electrons. The molecule has 1 aliphatic rings. The number of alkyl halides is 1. The van der Waals surface area contributed by atoms with E-state index in [0.29, 0.717) is 11.9 Å². The standard InChI is InChI=1S/C9H14ClN3.ClH/c10-6-8-7-13(12-11-8)9-4-2-1-3-5-9;/h7,9H,1-6H2;1H. The fourth-order valence-corrected chi connectivity index (χ4v) is 2.02. The molecule has 0 aliphatic heterocycles. The normalized spacial score (nSPS) is 17.8. The van der Waals surface area contributed by atoms with Crippen LogP contribution in [0.4, 0.5) is 0 Å². The van der Waals surface area contributed by atoms with Gasteiger partial charge in [0.15, 0.2) is 0 Å². The third-order valence-electron chi connectivity index (χ3n) is 2.64. The highest BCUT2D eigenvalue weighted by atomic mass is 35.5. The number of halogens is 2. The molecule has 14 heavy (non-hydrogen) atoms. The molecular formula is C9H15Cl2N3. The van der Waals surface area contributed by atoms with Gasteiger partial charge in [-0.05, 0) is 12.8 Å². The number of nitrogens with zero attached hydrogens (tertiary/aromatic N) is 3. The minimum Gasteiger partial charge on any atom is -0.249 e. The van der Waals surface area contributed by atoms with Crippen molar-refractivity contribution in [3.05, 3.63) is 11.9 Å². The van der Waals surface area contributed by atoms with E-state index in [-0.39, 0.29) is 12.4 Å². The first-order valence-corrected chi connectivity index (χ1v) is 5.40. The fourth-order valence-electron chi connectivity index (χ4n) is 1.90. The van der Waals surface area contributed by atoms with E-state index in [1.807, 2.05) is 10.9 Å². The minimum atomic E-state index is 0. The second-order valence-corrected chi connectivity index (χ2v) is 3.88. The van der Waals surface area contributed by atoms with E-state index < -0.39 is 0 Å². The van der Waals surface area contributed by atoms with E-state index in [9.17, 15) is 0 Å². The highest BCUT2D eigenvalue weighted by Gasteiger charge is 2.16. The van der Waals surface area contributed by atoms with Crippen LogP contribution >= 0.6 is 24.0 Å². The summed E-state index contributed by atoms with van der Waals surface area (Å²) in [6, 6.07) is 0.568. The van der Waals surface area contributed by atoms with Crippen LogP contribution in [0.1, 0.15) is 43.8 Å². The molecule has 1 aromatic rings. The van der Waals surface area contributed by atoms with Crippen molar-refractivity contribution in [3.8, 4) is 0 Å². The van der Waals surface area contributed by atoms with E-state index in [1.165, 1.54) is 32.1 Å². The summed E-state index contributed by atoms with van der Waals surface area (Å²) in [6.07, 6.45) is 8.47. The summed E-state index contributed by atoms with van der Waals surface area (Å²) >= 11 is 5.66. The Kier molecular flexibility index (Phi) is 4.69. The van der Waals surface area contributed by atoms with E-state index in [2.05, 4.69) is 10.3 Å². The largest absolute Gasteiger partial charge is 0.249 e. The van der Waals surface area contributed by atoms with Crippen molar-refractivity contribution in [3.63, 3.8) is 0 Å². The average molecular weight is 236 g/mol. The van der Waals surface area contributed by atoms with Gasteiger partial charge in [0.1, 0.15) is 0 Å². The molecule has 1 aliphatic carbocycles. The predicted octanol–water partition coefficient (Wildman–Crippen LogP) is 2.94. The zero-order chi connectivity index (χ0) is 9.10. The summed E-state index contributed by atoms with van der Waals surface area (Å²) in [6.45, 7) is 0. The van der Waals surface area contributed by atoms with E-state index in [4.69, 9.17) is 11.6 Å². The molecule has 0 aromatic carbocycles. The molecule has 3 nitrogen and oxygen atoms in total. The van der Waals surface area contributed by atoms with Crippen LogP contribution in [0.2, 0.25) is 0 Å². The van der Waals surface area contributed by atoms with Crippen LogP contribution in [-0.4, -0.2) is 15.0 Å². The van der Waals surface area contributed by atoms with Crippen LogP contribution in [0, 0.1) is 0 Å². The number of aromatic nitrogens is 3. The monoisotopic (exact) mass is 235 g/mol. The third-order valence-corrected chi connectivity index (χ3v) is 2.92. The Morgan fingerprint density at radius 2 is 2.07 bits per heavy atom. The molecule has 1 saturated carbocycles. The van der Waals surface area contributed by atoms with Crippen LogP contribution < -0.4 is 0 Å². The molecule has 0 bridgehead atoms. The van der Waals surface area contributed by atoms with Crippen molar-refractivity contribution in [1.29, 1.82) is 0 Å². The van der Waals surface area contributed by atoms with Crippen LogP contribution in [0.5, 0.6) is 0 Å². The summed E-state index contributed by atoms with van der Waals surface area (Å²) in [5.41, 5.74) is 0.882. The first kappa shape index (κ1) is 11.8. The Morgan fingerprint density at radius 1 is 1.36 bits per heavy atom. The lowest BCUT2D eigenvalue weighted by atomic mass is 9.96. The SMILES string of the molecule is Cl.ClCc1cn(C2CCCCC2)nn1. The van der Waals surface area contributed by atoms with Crippen molar-refractivity contribution < 1.29 is 0 Å². The summed E-state index contributed by atoms with van der Waals surface area (Å²) in [7, 11) is 0. The zero-order valence-corrected chi connectivity index (χ0v) is 9.60. The van der Waals surface area contributed by atoms with Gasteiger partial charge >= 0.3 is 0 Å². The summed E-state index contributed by atoms with van der Waals surface area (Å²) in [4.78, 5) is 0. The quantitative estimate of drug-likeness (QED) is 0.739. The molecule has 2 rings (SSSR count).